The summed E-state index contributed by atoms with van der Waals surface area (Å²) in [5.41, 5.74) is -0.852. The molecule has 1 aliphatic carbocycles. The molecule has 0 aromatic rings. The van der Waals surface area contributed by atoms with Crippen LogP contribution in [0.4, 0.5) is 0 Å². The van der Waals surface area contributed by atoms with Gasteiger partial charge in [-0.25, -0.2) is 0 Å². The van der Waals surface area contributed by atoms with Crippen LogP contribution in [0.3, 0.4) is 0 Å². The quantitative estimate of drug-likeness (QED) is 0.697. The highest BCUT2D eigenvalue weighted by Gasteiger charge is 2.43. The highest BCUT2D eigenvalue weighted by molar-refractivity contribution is 5.85. The Morgan fingerprint density at radius 2 is 2.00 bits per heavy atom. The third-order valence-corrected chi connectivity index (χ3v) is 3.83. The Labute approximate surface area is 107 Å². The van der Waals surface area contributed by atoms with Crippen molar-refractivity contribution >= 4 is 5.91 Å². The minimum atomic E-state index is -0.852. The van der Waals surface area contributed by atoms with E-state index in [1.54, 1.807) is 4.90 Å². The summed E-state index contributed by atoms with van der Waals surface area (Å²) in [6, 6.07) is 4.26. The van der Waals surface area contributed by atoms with E-state index in [1.807, 2.05) is 6.07 Å². The van der Waals surface area contributed by atoms with Crippen molar-refractivity contribution in [1.82, 2.24) is 4.90 Å². The molecule has 1 atom stereocenters. The van der Waals surface area contributed by atoms with E-state index in [1.165, 1.54) is 0 Å². The van der Waals surface area contributed by atoms with Crippen molar-refractivity contribution in [3.63, 3.8) is 0 Å². The van der Waals surface area contributed by atoms with Crippen molar-refractivity contribution in [1.29, 1.82) is 10.5 Å². The Balaban J connectivity index is 2.10. The number of nitriles is 2. The number of carbonyl (C=O) groups is 1. The summed E-state index contributed by atoms with van der Waals surface area (Å²) in [6.07, 6.45) is 3.72. The number of hydrogen-bond acceptors (Lipinski definition) is 4. The summed E-state index contributed by atoms with van der Waals surface area (Å²) in [5, 5.41) is 18.2. The normalized spacial score (nSPS) is 27.0. The van der Waals surface area contributed by atoms with Crippen LogP contribution in [0.1, 0.15) is 32.1 Å². The van der Waals surface area contributed by atoms with Gasteiger partial charge in [-0.1, -0.05) is 19.3 Å². The van der Waals surface area contributed by atoms with E-state index in [-0.39, 0.29) is 5.91 Å². The Kier molecular flexibility index (Phi) is 3.84. The van der Waals surface area contributed by atoms with E-state index in [9.17, 15) is 10.1 Å². The van der Waals surface area contributed by atoms with Crippen molar-refractivity contribution in [3.8, 4) is 12.1 Å². The Bertz CT molecular complexity index is 401. The van der Waals surface area contributed by atoms with Gasteiger partial charge < -0.3 is 9.64 Å². The van der Waals surface area contributed by atoms with Crippen molar-refractivity contribution < 1.29 is 9.53 Å². The smallest absolute Gasteiger partial charge is 0.243 e. The van der Waals surface area contributed by atoms with Gasteiger partial charge in [-0.05, 0) is 12.8 Å². The van der Waals surface area contributed by atoms with Gasteiger partial charge in [0.2, 0.25) is 5.91 Å². The maximum Gasteiger partial charge on any atom is 0.243 e. The fourth-order valence-corrected chi connectivity index (χ4v) is 2.74. The number of ether oxygens (including phenoxy) is 1. The predicted octanol–water partition coefficient (Wildman–Crippen LogP) is 1.21. The van der Waals surface area contributed by atoms with E-state index in [0.717, 1.165) is 19.3 Å². The maximum atomic E-state index is 12.5. The fraction of sp³-hybridized carbons (Fsp3) is 0.769. The summed E-state index contributed by atoms with van der Waals surface area (Å²) in [5.74, 6) is -0.103. The molecule has 1 heterocycles. The number of hydrogen-bond donors (Lipinski definition) is 0. The van der Waals surface area contributed by atoms with Gasteiger partial charge in [0.25, 0.3) is 0 Å². The highest BCUT2D eigenvalue weighted by atomic mass is 16.5. The second-order valence-electron chi connectivity index (χ2n) is 4.99. The molecule has 1 saturated carbocycles. The monoisotopic (exact) mass is 247 g/mol. The molecule has 1 saturated heterocycles. The summed E-state index contributed by atoms with van der Waals surface area (Å²) in [6.45, 7) is 1.16. The van der Waals surface area contributed by atoms with Crippen LogP contribution in [0, 0.1) is 28.1 Å². The van der Waals surface area contributed by atoms with Crippen molar-refractivity contribution in [2.75, 3.05) is 19.7 Å². The Morgan fingerprint density at radius 3 is 2.61 bits per heavy atom. The number of nitrogens with zero attached hydrogens (tertiary/aromatic N) is 3. The Morgan fingerprint density at radius 1 is 1.28 bits per heavy atom. The van der Waals surface area contributed by atoms with Gasteiger partial charge >= 0.3 is 0 Å². The largest absolute Gasteiger partial charge is 0.360 e. The lowest BCUT2D eigenvalue weighted by Gasteiger charge is -2.37. The van der Waals surface area contributed by atoms with Crippen LogP contribution in [-0.2, 0) is 9.53 Å². The molecule has 1 aliphatic heterocycles. The van der Waals surface area contributed by atoms with Gasteiger partial charge in [0.1, 0.15) is 5.41 Å². The molecular weight excluding hydrogens is 230 g/mol. The van der Waals surface area contributed by atoms with Gasteiger partial charge in [0, 0.05) is 6.54 Å². The highest BCUT2D eigenvalue weighted by Crippen LogP contribution is 2.37. The Hall–Kier alpha value is -1.59. The van der Waals surface area contributed by atoms with Gasteiger partial charge in [0.05, 0.1) is 25.3 Å². The standard InChI is InChI=1S/C13H17N3O2/c14-8-11-9-16(6-7-18-11)12(17)13(10-15)4-2-1-3-5-13/h11H,1-7,9H2. The molecule has 0 radical (unpaired) electrons. The zero-order valence-electron chi connectivity index (χ0n) is 10.4. The van der Waals surface area contributed by atoms with Crippen LogP contribution in [0.5, 0.6) is 0 Å². The van der Waals surface area contributed by atoms with E-state index in [0.29, 0.717) is 32.5 Å². The lowest BCUT2D eigenvalue weighted by molar-refractivity contribution is -0.146. The molecule has 0 N–H and O–H groups in total. The van der Waals surface area contributed by atoms with Crippen LogP contribution < -0.4 is 0 Å². The van der Waals surface area contributed by atoms with Gasteiger partial charge in [-0.3, -0.25) is 4.79 Å². The lowest BCUT2D eigenvalue weighted by Crippen LogP contribution is -2.51. The SMILES string of the molecule is N#CC1CN(C(=O)C2(C#N)CCCCC2)CCO1. The minimum absolute atomic E-state index is 0.103. The molecule has 5 heteroatoms. The zero-order valence-corrected chi connectivity index (χ0v) is 10.4. The average Bonchev–Trinajstić information content (AvgIpc) is 2.47. The van der Waals surface area contributed by atoms with E-state index in [2.05, 4.69) is 6.07 Å². The topological polar surface area (TPSA) is 77.1 Å². The summed E-state index contributed by atoms with van der Waals surface area (Å²) in [7, 11) is 0. The van der Waals surface area contributed by atoms with E-state index < -0.39 is 11.5 Å². The average molecular weight is 247 g/mol. The molecule has 1 amide bonds. The fourth-order valence-electron chi connectivity index (χ4n) is 2.74. The van der Waals surface area contributed by atoms with Crippen molar-refractivity contribution in [2.24, 2.45) is 5.41 Å². The number of carbonyl (C=O) groups excluding carboxylic acids is 1. The van der Waals surface area contributed by atoms with Crippen LogP contribution in [0.15, 0.2) is 0 Å². The molecule has 2 fully saturated rings. The first-order chi connectivity index (χ1) is 8.72. The van der Waals surface area contributed by atoms with Crippen LogP contribution in [0.25, 0.3) is 0 Å². The first kappa shape index (κ1) is 12.9. The molecule has 1 unspecified atom stereocenters. The maximum absolute atomic E-state index is 12.5. The van der Waals surface area contributed by atoms with Crippen LogP contribution >= 0.6 is 0 Å². The molecule has 0 aromatic heterocycles. The second-order valence-corrected chi connectivity index (χ2v) is 4.99. The van der Waals surface area contributed by atoms with Crippen molar-refractivity contribution in [2.45, 2.75) is 38.2 Å². The van der Waals surface area contributed by atoms with Crippen LogP contribution in [-0.4, -0.2) is 36.6 Å². The molecule has 0 bridgehead atoms. The molecular formula is C13H17N3O2. The summed E-state index contributed by atoms with van der Waals surface area (Å²) >= 11 is 0. The van der Waals surface area contributed by atoms with Gasteiger partial charge in [-0.15, -0.1) is 0 Å². The number of rotatable bonds is 1. The number of morpholine rings is 1. The first-order valence-corrected chi connectivity index (χ1v) is 6.44. The third kappa shape index (κ3) is 2.32. The zero-order chi connectivity index (χ0) is 13.0. The van der Waals surface area contributed by atoms with E-state index in [4.69, 9.17) is 10.00 Å². The second kappa shape index (κ2) is 5.37. The molecule has 0 aromatic carbocycles. The van der Waals surface area contributed by atoms with Crippen LogP contribution in [0.2, 0.25) is 0 Å². The molecule has 0 spiro atoms. The molecule has 18 heavy (non-hydrogen) atoms. The van der Waals surface area contributed by atoms with Gasteiger partial charge in [0.15, 0.2) is 6.10 Å². The molecule has 5 nitrogen and oxygen atoms in total. The molecule has 2 aliphatic rings. The molecule has 96 valence electrons. The lowest BCUT2D eigenvalue weighted by atomic mass is 9.74. The summed E-state index contributed by atoms with van der Waals surface area (Å²) in [4.78, 5) is 14.1. The van der Waals surface area contributed by atoms with Crippen molar-refractivity contribution in [3.05, 3.63) is 0 Å². The minimum Gasteiger partial charge on any atom is -0.360 e. The molecule has 2 rings (SSSR count). The summed E-state index contributed by atoms with van der Waals surface area (Å²) < 4.78 is 5.22. The first-order valence-electron chi connectivity index (χ1n) is 6.44. The predicted molar refractivity (Wildman–Crippen MR) is 63.1 cm³/mol. The van der Waals surface area contributed by atoms with Gasteiger partial charge in [-0.2, -0.15) is 10.5 Å². The number of amides is 1. The van der Waals surface area contributed by atoms with E-state index >= 15 is 0 Å². The third-order valence-electron chi connectivity index (χ3n) is 3.83.